The first-order chi connectivity index (χ1) is 19.2. The number of benzene rings is 2. The molecule has 3 heterocycles. The van der Waals surface area contributed by atoms with E-state index in [1.165, 1.54) is 24.5 Å². The molecular weight excluding hydrogens is 515 g/mol. The van der Waals surface area contributed by atoms with Crippen molar-refractivity contribution in [3.8, 4) is 28.6 Å². The van der Waals surface area contributed by atoms with Crippen molar-refractivity contribution in [1.82, 2.24) is 19.9 Å². The average Bonchev–Trinajstić information content (AvgIpc) is 3.61. The number of aliphatic hydroxyl groups excluding tert-OH is 1. The molecule has 0 fully saturated rings. The molecule has 2 aromatic carbocycles. The van der Waals surface area contributed by atoms with Crippen LogP contribution in [-0.2, 0) is 12.0 Å². The van der Waals surface area contributed by atoms with Crippen LogP contribution in [0.15, 0.2) is 83.7 Å². The van der Waals surface area contributed by atoms with Crippen molar-refractivity contribution < 1.29 is 23.6 Å². The predicted octanol–water partition coefficient (Wildman–Crippen LogP) is 6.29. The van der Waals surface area contributed by atoms with Gasteiger partial charge in [0.05, 0.1) is 29.4 Å². The summed E-state index contributed by atoms with van der Waals surface area (Å²) in [4.78, 5) is 17.1. The minimum Gasteiger partial charge on any atom is -0.457 e. The van der Waals surface area contributed by atoms with Crippen molar-refractivity contribution in [2.24, 2.45) is 0 Å². The van der Waals surface area contributed by atoms with E-state index in [0.29, 0.717) is 34.2 Å². The Balaban J connectivity index is 1.32. The van der Waals surface area contributed by atoms with E-state index in [1.54, 1.807) is 53.3 Å². The molecule has 3 aromatic heterocycles. The molecule has 40 heavy (non-hydrogen) atoms. The van der Waals surface area contributed by atoms with Crippen LogP contribution in [0.5, 0.6) is 11.5 Å². The summed E-state index contributed by atoms with van der Waals surface area (Å²) in [6.45, 7) is 5.89. The topological polar surface area (TPSA) is 127 Å². The molecule has 5 rings (SSSR count). The fraction of sp³-hybridized carbons (Fsp3) is 0.172. The molecule has 0 spiro atoms. The van der Waals surface area contributed by atoms with Gasteiger partial charge in [-0.25, -0.2) is 13.9 Å². The monoisotopic (exact) mass is 542 g/mol. The number of anilines is 2. The summed E-state index contributed by atoms with van der Waals surface area (Å²) < 4.78 is 27.1. The molecule has 0 saturated carbocycles. The molecule has 11 heteroatoms. The molecule has 0 bridgehead atoms. The maximum absolute atomic E-state index is 14.9. The van der Waals surface area contributed by atoms with Crippen molar-refractivity contribution in [1.29, 1.82) is 0 Å². The highest BCUT2D eigenvalue weighted by Gasteiger charge is 2.22. The van der Waals surface area contributed by atoms with E-state index in [-0.39, 0.29) is 23.5 Å². The largest absolute Gasteiger partial charge is 0.457 e. The van der Waals surface area contributed by atoms with Crippen molar-refractivity contribution in [2.45, 2.75) is 32.8 Å². The summed E-state index contributed by atoms with van der Waals surface area (Å²) in [5, 5.41) is 23.3. The minimum absolute atomic E-state index is 0.0350. The van der Waals surface area contributed by atoms with Crippen molar-refractivity contribution in [3.63, 3.8) is 0 Å². The number of pyridine rings is 1. The lowest BCUT2D eigenvalue weighted by Gasteiger charge is -2.14. The Morgan fingerprint density at radius 2 is 1.85 bits per heavy atom. The minimum atomic E-state index is -0.682. The van der Waals surface area contributed by atoms with Gasteiger partial charge >= 0.3 is 6.03 Å². The summed E-state index contributed by atoms with van der Waals surface area (Å²) in [6, 6.07) is 17.4. The Morgan fingerprint density at radius 3 is 2.58 bits per heavy atom. The van der Waals surface area contributed by atoms with Crippen molar-refractivity contribution in [2.75, 3.05) is 10.6 Å². The molecule has 204 valence electrons. The molecule has 0 radical (unpaired) electrons. The summed E-state index contributed by atoms with van der Waals surface area (Å²) in [5.41, 5.74) is 2.86. The number of hydrogen-bond donors (Lipinski definition) is 3. The average molecular weight is 543 g/mol. The third kappa shape index (κ3) is 6.00. The van der Waals surface area contributed by atoms with Crippen LogP contribution in [0.1, 0.15) is 32.0 Å². The van der Waals surface area contributed by atoms with Gasteiger partial charge in [0, 0.05) is 35.9 Å². The van der Waals surface area contributed by atoms with Gasteiger partial charge in [-0.2, -0.15) is 5.10 Å². The highest BCUT2D eigenvalue weighted by Crippen LogP contribution is 2.29. The van der Waals surface area contributed by atoms with Crippen LogP contribution < -0.4 is 15.4 Å². The summed E-state index contributed by atoms with van der Waals surface area (Å²) >= 11 is 0. The third-order valence-corrected chi connectivity index (χ3v) is 5.91. The number of nitrogens with zero attached hydrogens (tertiary/aromatic N) is 4. The van der Waals surface area contributed by atoms with E-state index in [4.69, 9.17) is 9.26 Å². The number of aliphatic hydroxyl groups is 1. The lowest BCUT2D eigenvalue weighted by atomic mass is 9.92. The molecular formula is C29H27FN6O4. The Morgan fingerprint density at radius 1 is 1.02 bits per heavy atom. The Bertz CT molecular complexity index is 1640. The highest BCUT2D eigenvalue weighted by atomic mass is 19.1. The second-order valence-corrected chi connectivity index (χ2v) is 9.99. The standard InChI is InChI=1S/C29H27FN6O4/c1-29(2,3)26-16-27(36(34-26)19-6-4-5-18(13-19)17-37)33-28(38)32-23-8-7-20(14-22(23)30)40-21-9-11-31-25(15-21)24-10-12-39-35-24/h4-16,37H,17H2,1-3H3,(H2,32,33,38). The number of rotatable bonds is 7. The molecule has 0 unspecified atom stereocenters. The first-order valence-corrected chi connectivity index (χ1v) is 12.4. The molecule has 0 saturated heterocycles. The molecule has 0 aliphatic heterocycles. The fourth-order valence-electron chi connectivity index (χ4n) is 3.85. The van der Waals surface area contributed by atoms with E-state index < -0.39 is 11.8 Å². The van der Waals surface area contributed by atoms with E-state index in [0.717, 1.165) is 5.69 Å². The summed E-state index contributed by atoms with van der Waals surface area (Å²) in [6.07, 6.45) is 2.99. The van der Waals surface area contributed by atoms with Crippen LogP contribution in [0, 0.1) is 5.82 Å². The molecule has 10 nitrogen and oxygen atoms in total. The quantitative estimate of drug-likeness (QED) is 0.221. The maximum Gasteiger partial charge on any atom is 0.324 e. The molecule has 2 amide bonds. The van der Waals surface area contributed by atoms with E-state index in [1.807, 2.05) is 26.8 Å². The van der Waals surface area contributed by atoms with Gasteiger partial charge in [0.25, 0.3) is 0 Å². The molecule has 0 aliphatic rings. The van der Waals surface area contributed by atoms with Crippen LogP contribution >= 0.6 is 0 Å². The lowest BCUT2D eigenvalue weighted by molar-refractivity contribution is 0.262. The Kier molecular flexibility index (Phi) is 7.30. The van der Waals surface area contributed by atoms with Crippen LogP contribution in [-0.4, -0.2) is 31.1 Å². The van der Waals surface area contributed by atoms with Gasteiger partial charge < -0.3 is 19.7 Å². The third-order valence-electron chi connectivity index (χ3n) is 5.91. The SMILES string of the molecule is CC(C)(C)c1cc(NC(=O)Nc2ccc(Oc3ccnc(-c4ccon4)c3)cc2F)n(-c2cccc(CO)c2)n1. The predicted molar refractivity (Wildman–Crippen MR) is 147 cm³/mol. The number of aromatic nitrogens is 4. The number of urea groups is 1. The second kappa shape index (κ2) is 11.0. The van der Waals surface area contributed by atoms with Crippen LogP contribution in [0.3, 0.4) is 0 Å². The van der Waals surface area contributed by atoms with Crippen molar-refractivity contribution in [3.05, 3.63) is 96.3 Å². The van der Waals surface area contributed by atoms with Crippen LogP contribution in [0.4, 0.5) is 20.7 Å². The van der Waals surface area contributed by atoms with Crippen LogP contribution in [0.25, 0.3) is 17.1 Å². The van der Waals surface area contributed by atoms with Gasteiger partial charge in [-0.05, 0) is 35.9 Å². The summed E-state index contributed by atoms with van der Waals surface area (Å²) in [7, 11) is 0. The highest BCUT2D eigenvalue weighted by molar-refractivity contribution is 5.99. The van der Waals surface area contributed by atoms with E-state index in [2.05, 4.69) is 25.9 Å². The second-order valence-electron chi connectivity index (χ2n) is 9.99. The number of amides is 2. The zero-order valence-corrected chi connectivity index (χ0v) is 22.1. The maximum atomic E-state index is 14.9. The summed E-state index contributed by atoms with van der Waals surface area (Å²) in [5.74, 6) is 0.368. The zero-order chi connectivity index (χ0) is 28.3. The number of hydrogen-bond acceptors (Lipinski definition) is 7. The molecule has 5 aromatic rings. The fourth-order valence-corrected chi connectivity index (χ4v) is 3.85. The van der Waals surface area contributed by atoms with Crippen LogP contribution in [0.2, 0.25) is 0 Å². The first kappa shape index (κ1) is 26.6. The Labute approximate surface area is 229 Å². The number of halogens is 1. The number of ether oxygens (including phenoxy) is 1. The zero-order valence-electron chi connectivity index (χ0n) is 22.1. The number of carbonyl (C=O) groups is 1. The smallest absolute Gasteiger partial charge is 0.324 e. The van der Waals surface area contributed by atoms with Gasteiger partial charge in [0.2, 0.25) is 0 Å². The van der Waals surface area contributed by atoms with Gasteiger partial charge in [-0.3, -0.25) is 10.3 Å². The van der Waals surface area contributed by atoms with Gasteiger partial charge in [-0.1, -0.05) is 38.1 Å². The molecule has 3 N–H and O–H groups in total. The van der Waals surface area contributed by atoms with Gasteiger partial charge in [0.1, 0.15) is 35.1 Å². The van der Waals surface area contributed by atoms with Gasteiger partial charge in [-0.15, -0.1) is 0 Å². The number of nitrogens with one attached hydrogen (secondary N) is 2. The Hall–Kier alpha value is -5.03. The molecule has 0 aliphatic carbocycles. The molecule has 0 atom stereocenters. The van der Waals surface area contributed by atoms with E-state index >= 15 is 0 Å². The van der Waals surface area contributed by atoms with Crippen molar-refractivity contribution >= 4 is 17.5 Å². The lowest BCUT2D eigenvalue weighted by Crippen LogP contribution is -2.22. The van der Waals surface area contributed by atoms with Gasteiger partial charge in [0.15, 0.2) is 0 Å². The first-order valence-electron chi connectivity index (χ1n) is 12.4. The number of carbonyl (C=O) groups excluding carboxylic acids is 1. The normalized spacial score (nSPS) is 11.3. The van der Waals surface area contributed by atoms with E-state index in [9.17, 15) is 14.3 Å².